The molecule has 0 aliphatic heterocycles. The fourth-order valence-corrected chi connectivity index (χ4v) is 2.44. The molecule has 0 radical (unpaired) electrons. The zero-order chi connectivity index (χ0) is 15.0. The topological polar surface area (TPSA) is 50.4 Å². The number of fused-ring (bicyclic) bond motifs is 1. The second-order valence-corrected chi connectivity index (χ2v) is 5.56. The molecule has 2 aromatic carbocycles. The zero-order valence-electron chi connectivity index (χ0n) is 12.0. The Morgan fingerprint density at radius 3 is 2.24 bits per heavy atom. The number of aliphatic hydroxyl groups is 1. The largest absolute Gasteiger partial charge is 0.457 e. The first-order valence-electron chi connectivity index (χ1n) is 6.82. The quantitative estimate of drug-likeness (QED) is 0.779. The maximum Gasteiger partial charge on any atom is 0.200 e. The molecular formula is C18H16O3. The molecule has 106 valence electrons. The summed E-state index contributed by atoms with van der Waals surface area (Å²) in [5, 5.41) is 10.9. The summed E-state index contributed by atoms with van der Waals surface area (Å²) >= 11 is 0. The zero-order valence-corrected chi connectivity index (χ0v) is 12.0. The van der Waals surface area contributed by atoms with Crippen LogP contribution < -0.4 is 5.43 Å². The van der Waals surface area contributed by atoms with Gasteiger partial charge in [-0.3, -0.25) is 4.79 Å². The normalized spacial score (nSPS) is 11.8. The van der Waals surface area contributed by atoms with Crippen LogP contribution >= 0.6 is 0 Å². The molecule has 0 atom stereocenters. The smallest absolute Gasteiger partial charge is 0.200 e. The van der Waals surface area contributed by atoms with Crippen molar-refractivity contribution in [1.29, 1.82) is 0 Å². The molecule has 0 aliphatic carbocycles. The van der Waals surface area contributed by atoms with Crippen molar-refractivity contribution in [2.45, 2.75) is 19.4 Å². The summed E-state index contributed by atoms with van der Waals surface area (Å²) in [4.78, 5) is 12.8. The van der Waals surface area contributed by atoms with Crippen LogP contribution in [0.1, 0.15) is 19.6 Å². The highest BCUT2D eigenvalue weighted by atomic mass is 16.4. The van der Waals surface area contributed by atoms with E-state index in [9.17, 15) is 9.90 Å². The Balaban J connectivity index is 2.46. The molecule has 0 unspecified atom stereocenters. The van der Waals surface area contributed by atoms with Gasteiger partial charge in [0.1, 0.15) is 16.9 Å². The third-order valence-corrected chi connectivity index (χ3v) is 3.42. The van der Waals surface area contributed by atoms with Crippen LogP contribution in [-0.4, -0.2) is 5.11 Å². The molecular weight excluding hydrogens is 264 g/mol. The first-order chi connectivity index (χ1) is 9.98. The molecule has 1 aromatic heterocycles. The van der Waals surface area contributed by atoms with Crippen molar-refractivity contribution in [3.8, 4) is 11.1 Å². The van der Waals surface area contributed by atoms with Crippen LogP contribution in [0.2, 0.25) is 0 Å². The van der Waals surface area contributed by atoms with Gasteiger partial charge < -0.3 is 9.52 Å². The highest BCUT2D eigenvalue weighted by molar-refractivity contribution is 5.83. The van der Waals surface area contributed by atoms with Gasteiger partial charge in [-0.05, 0) is 31.5 Å². The minimum absolute atomic E-state index is 0.125. The fraction of sp³-hybridized carbons (Fsp3) is 0.167. The lowest BCUT2D eigenvalue weighted by Gasteiger charge is -2.20. The van der Waals surface area contributed by atoms with Gasteiger partial charge in [0.15, 0.2) is 0 Å². The van der Waals surface area contributed by atoms with Gasteiger partial charge in [-0.1, -0.05) is 42.5 Å². The van der Waals surface area contributed by atoms with E-state index >= 15 is 0 Å². The number of hydrogen-bond acceptors (Lipinski definition) is 3. The molecule has 3 heteroatoms. The standard InChI is InChI=1S/C18H16O3/c1-18(2,20)17-15(12-8-4-3-5-9-12)16(19)13-10-6-7-11-14(13)21-17/h3-11,20H,1-2H3. The monoisotopic (exact) mass is 280 g/mol. The second kappa shape index (κ2) is 4.86. The SMILES string of the molecule is CC(C)(O)c1oc2ccccc2c(=O)c1-c1ccccc1. The van der Waals surface area contributed by atoms with Crippen molar-refractivity contribution >= 4 is 11.0 Å². The summed E-state index contributed by atoms with van der Waals surface area (Å²) in [7, 11) is 0. The predicted octanol–water partition coefficient (Wildman–Crippen LogP) is 3.69. The van der Waals surface area contributed by atoms with Gasteiger partial charge in [-0.2, -0.15) is 0 Å². The summed E-state index contributed by atoms with van der Waals surface area (Å²) in [6.45, 7) is 3.24. The minimum Gasteiger partial charge on any atom is -0.457 e. The third-order valence-electron chi connectivity index (χ3n) is 3.42. The number of benzene rings is 2. The van der Waals surface area contributed by atoms with E-state index in [2.05, 4.69) is 0 Å². The Hall–Kier alpha value is -2.39. The Labute approximate surface area is 122 Å². The first kappa shape index (κ1) is 13.6. The highest BCUT2D eigenvalue weighted by Crippen LogP contribution is 2.31. The Morgan fingerprint density at radius 2 is 1.57 bits per heavy atom. The first-order valence-corrected chi connectivity index (χ1v) is 6.82. The van der Waals surface area contributed by atoms with E-state index < -0.39 is 5.60 Å². The lowest BCUT2D eigenvalue weighted by atomic mass is 9.94. The molecule has 0 bridgehead atoms. The number of rotatable bonds is 2. The molecule has 0 fully saturated rings. The van der Waals surface area contributed by atoms with E-state index in [0.29, 0.717) is 16.5 Å². The van der Waals surface area contributed by atoms with Crippen LogP contribution in [0.5, 0.6) is 0 Å². The molecule has 0 spiro atoms. The van der Waals surface area contributed by atoms with Gasteiger partial charge in [0, 0.05) is 0 Å². The van der Waals surface area contributed by atoms with Gasteiger partial charge in [-0.25, -0.2) is 0 Å². The van der Waals surface area contributed by atoms with E-state index in [0.717, 1.165) is 5.56 Å². The Bertz CT molecular complexity index is 840. The van der Waals surface area contributed by atoms with E-state index in [-0.39, 0.29) is 11.2 Å². The van der Waals surface area contributed by atoms with Crippen LogP contribution in [0.25, 0.3) is 22.1 Å². The summed E-state index contributed by atoms with van der Waals surface area (Å²) in [5.41, 5.74) is 0.282. The van der Waals surface area contributed by atoms with Crippen molar-refractivity contribution in [3.63, 3.8) is 0 Å². The maximum absolute atomic E-state index is 12.8. The molecule has 3 rings (SSSR count). The van der Waals surface area contributed by atoms with Crippen molar-refractivity contribution in [1.82, 2.24) is 0 Å². The minimum atomic E-state index is -1.24. The van der Waals surface area contributed by atoms with Gasteiger partial charge >= 0.3 is 0 Å². The third kappa shape index (κ3) is 2.36. The molecule has 0 amide bonds. The lowest BCUT2D eigenvalue weighted by Crippen LogP contribution is -2.21. The lowest BCUT2D eigenvalue weighted by molar-refractivity contribution is 0.0554. The molecule has 3 aromatic rings. The fourth-order valence-electron chi connectivity index (χ4n) is 2.44. The maximum atomic E-state index is 12.8. The number of para-hydroxylation sites is 1. The van der Waals surface area contributed by atoms with Crippen LogP contribution in [0.3, 0.4) is 0 Å². The highest BCUT2D eigenvalue weighted by Gasteiger charge is 2.27. The van der Waals surface area contributed by atoms with Crippen LogP contribution in [0.15, 0.2) is 63.8 Å². The molecule has 0 saturated carbocycles. The average molecular weight is 280 g/mol. The average Bonchev–Trinajstić information content (AvgIpc) is 2.47. The van der Waals surface area contributed by atoms with Gasteiger partial charge in [0.05, 0.1) is 10.9 Å². The van der Waals surface area contributed by atoms with Crippen molar-refractivity contribution in [3.05, 3.63) is 70.6 Å². The summed E-state index contributed by atoms with van der Waals surface area (Å²) < 4.78 is 5.84. The molecule has 1 N–H and O–H groups in total. The summed E-state index contributed by atoms with van der Waals surface area (Å²) in [6, 6.07) is 16.4. The number of hydrogen-bond donors (Lipinski definition) is 1. The van der Waals surface area contributed by atoms with Crippen LogP contribution in [0, 0.1) is 0 Å². The van der Waals surface area contributed by atoms with Gasteiger partial charge in [0.25, 0.3) is 0 Å². The van der Waals surface area contributed by atoms with Gasteiger partial charge in [0.2, 0.25) is 5.43 Å². The molecule has 1 heterocycles. The molecule has 3 nitrogen and oxygen atoms in total. The van der Waals surface area contributed by atoms with E-state index in [1.54, 1.807) is 32.0 Å². The predicted molar refractivity (Wildman–Crippen MR) is 83.2 cm³/mol. The van der Waals surface area contributed by atoms with Gasteiger partial charge in [-0.15, -0.1) is 0 Å². The second-order valence-electron chi connectivity index (χ2n) is 5.56. The van der Waals surface area contributed by atoms with Crippen LogP contribution in [-0.2, 0) is 5.60 Å². The van der Waals surface area contributed by atoms with Crippen LogP contribution in [0.4, 0.5) is 0 Å². The van der Waals surface area contributed by atoms with Crippen molar-refractivity contribution in [2.24, 2.45) is 0 Å². The van der Waals surface area contributed by atoms with E-state index in [4.69, 9.17) is 4.42 Å². The summed E-state index contributed by atoms with van der Waals surface area (Å²) in [5.74, 6) is 0.289. The van der Waals surface area contributed by atoms with Crippen molar-refractivity contribution < 1.29 is 9.52 Å². The van der Waals surface area contributed by atoms with E-state index in [1.807, 2.05) is 36.4 Å². The Kier molecular flexibility index (Phi) is 3.15. The molecule has 0 aliphatic rings. The molecule has 0 saturated heterocycles. The van der Waals surface area contributed by atoms with Crippen molar-refractivity contribution in [2.75, 3.05) is 0 Å². The van der Waals surface area contributed by atoms with E-state index in [1.165, 1.54) is 0 Å². The summed E-state index contributed by atoms with van der Waals surface area (Å²) in [6.07, 6.45) is 0. The Morgan fingerprint density at radius 1 is 0.952 bits per heavy atom. The molecule has 21 heavy (non-hydrogen) atoms.